The maximum absolute atomic E-state index is 10.0. The van der Waals surface area contributed by atoms with Crippen molar-refractivity contribution in [3.63, 3.8) is 0 Å². The Kier molecular flexibility index (Phi) is 4.79. The predicted molar refractivity (Wildman–Crippen MR) is 87.3 cm³/mol. The Morgan fingerprint density at radius 3 is 2.19 bits per heavy atom. The van der Waals surface area contributed by atoms with Crippen LogP contribution >= 0.6 is 23.2 Å². The number of hydrogen-bond donors (Lipinski definition) is 2. The van der Waals surface area contributed by atoms with Gasteiger partial charge in [0.05, 0.1) is 10.0 Å². The van der Waals surface area contributed by atoms with E-state index in [4.69, 9.17) is 27.9 Å². The number of aliphatic hydroxyl groups excluding tert-OH is 1. The van der Waals surface area contributed by atoms with E-state index < -0.39 is 6.10 Å². The maximum atomic E-state index is 10.0. The second-order valence-corrected chi connectivity index (χ2v) is 7.61. The summed E-state index contributed by atoms with van der Waals surface area (Å²) in [6.07, 6.45) is -0.607. The molecule has 1 fully saturated rings. The van der Waals surface area contributed by atoms with Crippen molar-refractivity contribution in [1.82, 2.24) is 5.32 Å². The average Bonchev–Trinajstić information content (AvgIpc) is 2.76. The van der Waals surface area contributed by atoms with Gasteiger partial charge < -0.3 is 15.2 Å². The minimum absolute atomic E-state index is 0.157. The molecule has 1 aromatic rings. The first-order valence-electron chi connectivity index (χ1n) is 7.16. The van der Waals surface area contributed by atoms with E-state index in [1.54, 1.807) is 18.2 Å². The van der Waals surface area contributed by atoms with E-state index in [9.17, 15) is 5.11 Å². The molecule has 0 amide bonds. The summed E-state index contributed by atoms with van der Waals surface area (Å²) in [5.41, 5.74) is 0.499. The van der Waals surface area contributed by atoms with E-state index in [0.29, 0.717) is 28.4 Å². The summed E-state index contributed by atoms with van der Waals surface area (Å²) in [6.45, 7) is 9.58. The van der Waals surface area contributed by atoms with Crippen molar-refractivity contribution in [3.8, 4) is 5.75 Å². The number of aliphatic hydroxyl groups is 1. The average molecular weight is 332 g/mol. The third-order valence-corrected chi connectivity index (χ3v) is 5.51. The second-order valence-electron chi connectivity index (χ2n) is 6.80. The Morgan fingerprint density at radius 2 is 1.71 bits per heavy atom. The highest BCUT2D eigenvalue weighted by atomic mass is 35.5. The number of rotatable bonds is 6. The summed E-state index contributed by atoms with van der Waals surface area (Å²) in [5, 5.41) is 14.3. The van der Waals surface area contributed by atoms with Crippen LogP contribution in [0.2, 0.25) is 10.0 Å². The first-order chi connectivity index (χ1) is 9.68. The molecule has 0 radical (unpaired) electrons. The molecule has 21 heavy (non-hydrogen) atoms. The number of para-hydroxylation sites is 1. The van der Waals surface area contributed by atoms with Crippen LogP contribution in [0.4, 0.5) is 0 Å². The van der Waals surface area contributed by atoms with Crippen LogP contribution in [-0.4, -0.2) is 30.4 Å². The van der Waals surface area contributed by atoms with Gasteiger partial charge in [0.1, 0.15) is 12.7 Å². The van der Waals surface area contributed by atoms with E-state index in [1.807, 2.05) is 0 Å². The molecule has 1 aromatic carbocycles. The smallest absolute Gasteiger partial charge is 0.156 e. The number of hydrogen-bond acceptors (Lipinski definition) is 3. The number of nitrogens with one attached hydrogen (secondary N) is 1. The van der Waals surface area contributed by atoms with Crippen molar-refractivity contribution in [1.29, 1.82) is 0 Å². The van der Waals surface area contributed by atoms with Crippen LogP contribution in [0.25, 0.3) is 0 Å². The molecule has 0 heterocycles. The van der Waals surface area contributed by atoms with Crippen molar-refractivity contribution in [2.45, 2.75) is 39.8 Å². The van der Waals surface area contributed by atoms with Gasteiger partial charge in [0, 0.05) is 12.6 Å². The summed E-state index contributed by atoms with van der Waals surface area (Å²) >= 11 is 12.0. The molecular formula is C16H23Cl2NO2. The highest BCUT2D eigenvalue weighted by Crippen LogP contribution is 2.62. The molecular weight excluding hydrogens is 309 g/mol. The molecule has 0 aromatic heterocycles. The fourth-order valence-corrected chi connectivity index (χ4v) is 3.33. The summed E-state index contributed by atoms with van der Waals surface area (Å²) in [4.78, 5) is 0. The van der Waals surface area contributed by atoms with Gasteiger partial charge in [-0.25, -0.2) is 0 Å². The van der Waals surface area contributed by atoms with Gasteiger partial charge >= 0.3 is 0 Å². The van der Waals surface area contributed by atoms with Crippen molar-refractivity contribution in [2.75, 3.05) is 13.2 Å². The van der Waals surface area contributed by atoms with Gasteiger partial charge in [0.25, 0.3) is 0 Å². The summed E-state index contributed by atoms with van der Waals surface area (Å²) in [7, 11) is 0. The van der Waals surface area contributed by atoms with Gasteiger partial charge in [-0.2, -0.15) is 0 Å². The highest BCUT2D eigenvalue weighted by Gasteiger charge is 2.64. The Balaban J connectivity index is 1.80. The van der Waals surface area contributed by atoms with Gasteiger partial charge in [-0.1, -0.05) is 57.0 Å². The molecule has 1 aliphatic carbocycles. The molecule has 0 aliphatic heterocycles. The summed E-state index contributed by atoms with van der Waals surface area (Å²) in [6, 6.07) is 5.58. The van der Waals surface area contributed by atoms with Crippen LogP contribution < -0.4 is 10.1 Å². The number of halogens is 2. The molecule has 2 N–H and O–H groups in total. The fourth-order valence-electron chi connectivity index (χ4n) is 2.82. The highest BCUT2D eigenvalue weighted by molar-refractivity contribution is 6.37. The zero-order valence-electron chi connectivity index (χ0n) is 12.9. The molecule has 3 nitrogen and oxygen atoms in total. The maximum Gasteiger partial charge on any atom is 0.156 e. The van der Waals surface area contributed by atoms with E-state index in [1.165, 1.54) is 0 Å². The van der Waals surface area contributed by atoms with Crippen molar-refractivity contribution in [3.05, 3.63) is 28.2 Å². The van der Waals surface area contributed by atoms with Crippen LogP contribution in [0.3, 0.4) is 0 Å². The Labute approximate surface area is 136 Å². The molecule has 1 saturated carbocycles. The van der Waals surface area contributed by atoms with Crippen LogP contribution in [0.15, 0.2) is 18.2 Å². The lowest BCUT2D eigenvalue weighted by Crippen LogP contribution is -2.35. The SMILES string of the molecule is CC1(C)C(NCC(O)COc2c(Cl)cccc2Cl)C1(C)C. The fraction of sp³-hybridized carbons (Fsp3) is 0.625. The zero-order valence-corrected chi connectivity index (χ0v) is 14.4. The normalized spacial score (nSPS) is 21.1. The molecule has 0 bridgehead atoms. The van der Waals surface area contributed by atoms with Gasteiger partial charge in [-0.15, -0.1) is 0 Å². The minimum Gasteiger partial charge on any atom is -0.488 e. The molecule has 0 saturated heterocycles. The Morgan fingerprint density at radius 1 is 1.19 bits per heavy atom. The third-order valence-electron chi connectivity index (χ3n) is 4.92. The standard InChI is InChI=1S/C16H23Cl2NO2/c1-15(2)14(16(15,3)4)19-8-10(20)9-21-13-11(17)6-5-7-12(13)18/h5-7,10,14,19-20H,8-9H2,1-4H3. The number of benzene rings is 1. The topological polar surface area (TPSA) is 41.5 Å². The van der Waals surface area contributed by atoms with E-state index in [0.717, 1.165) is 0 Å². The Hall–Kier alpha value is -0.480. The number of ether oxygens (including phenoxy) is 1. The minimum atomic E-state index is -0.607. The van der Waals surface area contributed by atoms with Crippen molar-refractivity contribution in [2.24, 2.45) is 10.8 Å². The first-order valence-corrected chi connectivity index (χ1v) is 7.91. The first kappa shape index (κ1) is 16.9. The summed E-state index contributed by atoms with van der Waals surface area (Å²) in [5.74, 6) is 0.423. The van der Waals surface area contributed by atoms with Crippen LogP contribution in [-0.2, 0) is 0 Å². The summed E-state index contributed by atoms with van der Waals surface area (Å²) < 4.78 is 5.53. The zero-order chi connectivity index (χ0) is 15.8. The molecule has 118 valence electrons. The van der Waals surface area contributed by atoms with Crippen LogP contribution in [0.1, 0.15) is 27.7 Å². The second kappa shape index (κ2) is 5.96. The lowest BCUT2D eigenvalue weighted by Gasteiger charge is -2.15. The van der Waals surface area contributed by atoms with Gasteiger partial charge in [-0.05, 0) is 23.0 Å². The van der Waals surface area contributed by atoms with Gasteiger partial charge in [-0.3, -0.25) is 0 Å². The van der Waals surface area contributed by atoms with Crippen LogP contribution in [0, 0.1) is 10.8 Å². The Bertz CT molecular complexity index is 483. The molecule has 5 heteroatoms. The predicted octanol–water partition coefficient (Wildman–Crippen LogP) is 3.76. The van der Waals surface area contributed by atoms with Gasteiger partial charge in [0.15, 0.2) is 5.75 Å². The lowest BCUT2D eigenvalue weighted by atomic mass is 10.0. The largest absolute Gasteiger partial charge is 0.488 e. The molecule has 1 atom stereocenters. The molecule has 1 unspecified atom stereocenters. The molecule has 1 aliphatic rings. The molecule has 0 spiro atoms. The van der Waals surface area contributed by atoms with Crippen LogP contribution in [0.5, 0.6) is 5.75 Å². The van der Waals surface area contributed by atoms with Crippen molar-refractivity contribution >= 4 is 23.2 Å². The van der Waals surface area contributed by atoms with Crippen molar-refractivity contribution < 1.29 is 9.84 Å². The van der Waals surface area contributed by atoms with E-state index in [-0.39, 0.29) is 17.4 Å². The third kappa shape index (κ3) is 3.31. The molecule has 2 rings (SSSR count). The monoisotopic (exact) mass is 331 g/mol. The van der Waals surface area contributed by atoms with Gasteiger partial charge in [0.2, 0.25) is 0 Å². The quantitative estimate of drug-likeness (QED) is 0.833. The van der Waals surface area contributed by atoms with E-state index in [2.05, 4.69) is 33.0 Å². The van der Waals surface area contributed by atoms with E-state index >= 15 is 0 Å². The lowest BCUT2D eigenvalue weighted by molar-refractivity contribution is 0.105.